The van der Waals surface area contributed by atoms with Gasteiger partial charge in [-0.2, -0.15) is 27.8 Å². The van der Waals surface area contributed by atoms with E-state index in [1.165, 1.54) is 92.2 Å². The quantitative estimate of drug-likeness (QED) is 0.0245. The lowest BCUT2D eigenvalue weighted by atomic mass is 9.84. The molecule has 0 radical (unpaired) electrons. The van der Waals surface area contributed by atoms with Crippen LogP contribution >= 0.6 is 25.0 Å². The Kier molecular flexibility index (Phi) is 34.3. The maximum atomic E-state index is 16.2. The SMILES string of the molecule is CC(C)N(C(C)C)P(C)OCc1ccccc1.CC[C@@H]([C@H](C)O)n1ncn(-c2ccc(N3CCN(c4ccc(-c5ccc(C(F)(F)C(O)(Cn6cnnn6)c6ccccc6F)nc5)cc4)CC3)cn2)c1=O.CC[C@@H]([C@H](C)OP(C)(=O)OCc1ccccc1)n1ncn(-c2ccc(N3CCN(c4ccc(-c5ccc(C(F)(F)C(O)(Cn6cnnn6)c6ccccc6F)nc5)cc4)CC3)cn2)c1=O.O=P. The van der Waals surface area contributed by atoms with E-state index in [1.54, 1.807) is 47.5 Å². The molecule has 0 amide bonds. The van der Waals surface area contributed by atoms with E-state index in [-0.39, 0.29) is 12.3 Å². The van der Waals surface area contributed by atoms with Crippen LogP contribution in [0.5, 0.6) is 0 Å². The molecule has 0 saturated carbocycles. The molecule has 42 heteroatoms. The predicted octanol–water partition coefficient (Wildman–Crippen LogP) is 15.7. The van der Waals surface area contributed by atoms with Gasteiger partial charge in [-0.3, -0.25) is 23.8 Å². The van der Waals surface area contributed by atoms with E-state index >= 15 is 17.6 Å². The Morgan fingerprint density at radius 2 is 0.841 bits per heavy atom. The van der Waals surface area contributed by atoms with Gasteiger partial charge in [-0.25, -0.2) is 56.2 Å². The summed E-state index contributed by atoms with van der Waals surface area (Å²) in [6, 6.07) is 57.5. The molecule has 2 saturated heterocycles. The summed E-state index contributed by atoms with van der Waals surface area (Å²) < 4.78 is 143. The molecule has 2 aliphatic rings. The van der Waals surface area contributed by atoms with Gasteiger partial charge in [0.05, 0.1) is 74.4 Å². The van der Waals surface area contributed by atoms with Crippen molar-refractivity contribution in [3.05, 3.63) is 323 Å². The number of aliphatic hydroxyl groups excluding tert-OH is 1. The highest BCUT2D eigenvalue weighted by atomic mass is 31.2. The molecule has 2 aliphatic heterocycles. The van der Waals surface area contributed by atoms with Crippen molar-refractivity contribution in [2.75, 3.05) is 85.3 Å². The zero-order valence-electron chi connectivity index (χ0n) is 77.8. The highest BCUT2D eigenvalue weighted by Crippen LogP contribution is 2.51. The first-order valence-corrected chi connectivity index (χ1v) is 48.9. The minimum Gasteiger partial charge on any atom is -0.391 e. The Balaban J connectivity index is 0.000000198. The maximum Gasteiger partial charge on any atom is 0.351 e. The number of aliphatic hydroxyl groups is 3. The maximum absolute atomic E-state index is 16.2. The van der Waals surface area contributed by atoms with Gasteiger partial charge >= 0.3 is 30.8 Å². The van der Waals surface area contributed by atoms with Crippen molar-refractivity contribution in [2.45, 2.75) is 154 Å². The molecular formula is C96H110F6N23O10P3. The lowest BCUT2D eigenvalue weighted by Gasteiger charge is -2.37. The van der Waals surface area contributed by atoms with Gasteiger partial charge in [0.15, 0.2) is 11.2 Å². The molecular weight excluding hydrogens is 1840 g/mol. The number of hydrogen-bond acceptors (Lipinski definition) is 27. The molecule has 8 aromatic heterocycles. The Hall–Kier alpha value is -12.8. The molecule has 6 aromatic carbocycles. The second-order valence-electron chi connectivity index (χ2n) is 33.8. The minimum absolute atomic E-state index is 0.134. The molecule has 8 atom stereocenters. The number of pyridine rings is 4. The molecule has 0 bridgehead atoms. The van der Waals surface area contributed by atoms with Gasteiger partial charge in [0, 0.05) is 117 Å². The Bertz CT molecular complexity index is 6350. The zero-order chi connectivity index (χ0) is 98.6. The number of hydrogen-bond donors (Lipinski definition) is 3. The fraction of sp³-hybridized carbons (Fsp3) is 0.354. The minimum atomic E-state index is -4.05. The molecule has 138 heavy (non-hydrogen) atoms. The van der Waals surface area contributed by atoms with Crippen LogP contribution in [-0.2, 0) is 72.1 Å². The van der Waals surface area contributed by atoms with Crippen LogP contribution in [0.15, 0.2) is 266 Å². The molecule has 0 spiro atoms. The monoisotopic (exact) mass is 1950 g/mol. The highest BCUT2D eigenvalue weighted by Gasteiger charge is 2.59. The van der Waals surface area contributed by atoms with Crippen LogP contribution in [0.4, 0.5) is 49.1 Å². The van der Waals surface area contributed by atoms with Gasteiger partial charge in [-0.1, -0.05) is 147 Å². The Morgan fingerprint density at radius 3 is 1.19 bits per heavy atom. The van der Waals surface area contributed by atoms with Crippen LogP contribution in [0.1, 0.15) is 114 Å². The molecule has 3 N–H and O–H groups in total. The lowest BCUT2D eigenvalue weighted by Crippen LogP contribution is -2.48. The number of rotatable bonds is 35. The van der Waals surface area contributed by atoms with Gasteiger partial charge in [0.2, 0.25) is 0 Å². The average Bonchev–Trinajstić information content (AvgIpc) is 0.997. The number of tetrazole rings is 2. The van der Waals surface area contributed by atoms with Crippen molar-refractivity contribution in [3.63, 3.8) is 0 Å². The number of benzene rings is 6. The van der Waals surface area contributed by atoms with Crippen molar-refractivity contribution >= 4 is 47.8 Å². The summed E-state index contributed by atoms with van der Waals surface area (Å²) in [6.07, 6.45) is 10.7. The van der Waals surface area contributed by atoms with Crippen LogP contribution in [-0.4, -0.2) is 199 Å². The van der Waals surface area contributed by atoms with Gasteiger partial charge < -0.3 is 48.5 Å². The second kappa shape index (κ2) is 46.1. The zero-order valence-corrected chi connectivity index (χ0v) is 80.5. The smallest absolute Gasteiger partial charge is 0.351 e. The summed E-state index contributed by atoms with van der Waals surface area (Å²) in [5.74, 6) is -9.25. The Morgan fingerprint density at radius 1 is 0.471 bits per heavy atom. The third-order valence-corrected chi connectivity index (χ3v) is 27.4. The van der Waals surface area contributed by atoms with Gasteiger partial charge in [-0.15, -0.1) is 10.2 Å². The van der Waals surface area contributed by atoms with Crippen molar-refractivity contribution in [1.29, 1.82) is 0 Å². The molecule has 10 heterocycles. The van der Waals surface area contributed by atoms with Crippen LogP contribution < -0.4 is 31.0 Å². The first-order valence-electron chi connectivity index (χ1n) is 44.8. The van der Waals surface area contributed by atoms with Crippen LogP contribution in [0.25, 0.3) is 33.9 Å². The lowest BCUT2D eigenvalue weighted by molar-refractivity contribution is -0.207. The fourth-order valence-corrected chi connectivity index (χ4v) is 19.8. The normalized spacial score (nSPS) is 15.6. The van der Waals surface area contributed by atoms with E-state index in [0.717, 1.165) is 137 Å². The molecule has 4 unspecified atom stereocenters. The van der Waals surface area contributed by atoms with E-state index in [9.17, 15) is 38.3 Å². The van der Waals surface area contributed by atoms with E-state index in [1.807, 2.05) is 111 Å². The number of nitrogens with zero attached hydrogens (tertiary/aromatic N) is 23. The summed E-state index contributed by atoms with van der Waals surface area (Å²) in [7, 11) is -2.25. The third-order valence-electron chi connectivity index (χ3n) is 24.1. The third kappa shape index (κ3) is 23.9. The summed E-state index contributed by atoms with van der Waals surface area (Å²) in [5.41, 5.74) is -1.04. The van der Waals surface area contributed by atoms with E-state index in [0.29, 0.717) is 67.4 Å². The van der Waals surface area contributed by atoms with Crippen LogP contribution in [0, 0.1) is 11.6 Å². The number of aromatic nitrogens is 18. The first kappa shape index (κ1) is 103. The standard InChI is InChI=1S/C45H47F3N11O5P.C37H38F3N11O3.C14H24NOP.HOP/c1-4-40(32(2)64-65(3,62)63-28-33-10-6-5-7-11-33)59-43(60)58(31-52-59)42-21-19-37(27-50-42)56-24-22-55(23-25-56)36-17-14-34(15-18-36)35-16-20-41(49-26-35)45(47,48)44(61,29-57-30-51-53-54-57)38-12-8-9-13-39(38)46;1-3-32(25(2)52)51-35(53)50(24-44-51)34-15-13-29(21-42-34)48-18-16-47(17-19-48)28-11-8-26(9-12-28)27-10-14-33(41-20-27)37(39,40)36(54,22-49-23-43-45-46-49)30-6-4-5-7-31(30)38;1-12(2)15(13(3)4)17(5)16-11-14-9-7-6-8-10-14;1-2/h5-21,26-27,30-32,40,61H,4,22-25,28-29H2,1-3H3;4-15,20-21,23-25,32,52,54H,3,16-19,22H2,1-2H3;6-10,12-13H,11H2,1-5H3;2H/t32-,40-,44?,65?;25-,32-,36?;;/m00../s1. The van der Waals surface area contributed by atoms with E-state index in [2.05, 4.69) is 144 Å². The summed E-state index contributed by atoms with van der Waals surface area (Å²) >= 11 is 0. The molecule has 14 aromatic rings. The first-order chi connectivity index (χ1) is 66.3. The Labute approximate surface area is 797 Å². The average molecular weight is 1950 g/mol. The highest BCUT2D eigenvalue weighted by molar-refractivity contribution is 7.53. The number of halogens is 6. The summed E-state index contributed by atoms with van der Waals surface area (Å²) in [4.78, 5) is 52.6. The number of piperazine rings is 2. The predicted molar refractivity (Wildman–Crippen MR) is 514 cm³/mol. The van der Waals surface area contributed by atoms with Gasteiger partial charge in [0.1, 0.15) is 77.4 Å². The number of alkyl halides is 4. The largest absolute Gasteiger partial charge is 0.391 e. The van der Waals surface area contributed by atoms with Crippen molar-refractivity contribution < 1.29 is 64.4 Å². The molecule has 2 fully saturated rings. The topological polar surface area (TPSA) is 357 Å². The second-order valence-corrected chi connectivity index (χ2v) is 37.4. The van der Waals surface area contributed by atoms with Crippen molar-refractivity contribution in [2.24, 2.45) is 0 Å². The number of anilines is 4. The van der Waals surface area contributed by atoms with Gasteiger partial charge in [-0.05, 0) is 177 Å². The summed E-state index contributed by atoms with van der Waals surface area (Å²) in [5, 5.41) is 62.6. The molecule has 726 valence electrons. The van der Waals surface area contributed by atoms with E-state index < -0.39 is 116 Å². The fourth-order valence-electron chi connectivity index (χ4n) is 16.8. The molecule has 0 aliphatic carbocycles. The molecule has 16 rings (SSSR count). The van der Waals surface area contributed by atoms with Crippen LogP contribution in [0.2, 0.25) is 0 Å². The molecule has 33 nitrogen and oxygen atoms in total. The van der Waals surface area contributed by atoms with Crippen molar-refractivity contribution in [3.8, 4) is 33.9 Å². The van der Waals surface area contributed by atoms with Gasteiger partial charge in [0.25, 0.3) is 0 Å². The summed E-state index contributed by atoms with van der Waals surface area (Å²) in [6.45, 7) is 24.7. The van der Waals surface area contributed by atoms with Crippen LogP contribution in [0.3, 0.4) is 0 Å². The van der Waals surface area contributed by atoms with Crippen molar-refractivity contribution in [1.82, 2.24) is 93.7 Å². The van der Waals surface area contributed by atoms with E-state index in [4.69, 9.17) is 18.1 Å².